The number of aromatic nitrogens is 6. The molecule has 0 aliphatic carbocycles. The highest BCUT2D eigenvalue weighted by molar-refractivity contribution is 5.99. The predicted molar refractivity (Wildman–Crippen MR) is 137 cm³/mol. The van der Waals surface area contributed by atoms with E-state index in [1.807, 2.05) is 30.3 Å². The highest BCUT2D eigenvalue weighted by Crippen LogP contribution is 2.34. The highest BCUT2D eigenvalue weighted by Gasteiger charge is 2.17. The average molecular weight is 478 g/mol. The molecule has 6 rings (SSSR count). The standard InChI is InChI=1S/C27H20FN7O/c1-2-24(36)31-16-11-15(13-29-14-16)21-7-8-22-25(32-21)26(35-34-22)23-12-19-17(9-10-30-27(19)33-23)18-5-3-4-6-20(18)28/h3-14H,2H2,1H3,(H,30,33)(H,31,36)(H,34,35). The van der Waals surface area contributed by atoms with Crippen molar-refractivity contribution in [3.8, 4) is 33.8 Å². The van der Waals surface area contributed by atoms with Crippen LogP contribution in [0, 0.1) is 5.82 Å². The van der Waals surface area contributed by atoms with Gasteiger partial charge in [-0.3, -0.25) is 14.9 Å². The van der Waals surface area contributed by atoms with Crippen LogP contribution in [-0.2, 0) is 4.79 Å². The molecule has 3 N–H and O–H groups in total. The monoisotopic (exact) mass is 477 g/mol. The van der Waals surface area contributed by atoms with Crippen LogP contribution in [0.1, 0.15) is 13.3 Å². The summed E-state index contributed by atoms with van der Waals surface area (Å²) in [7, 11) is 0. The van der Waals surface area contributed by atoms with Crippen molar-refractivity contribution in [1.29, 1.82) is 0 Å². The summed E-state index contributed by atoms with van der Waals surface area (Å²) < 4.78 is 14.5. The van der Waals surface area contributed by atoms with Gasteiger partial charge in [-0.25, -0.2) is 14.4 Å². The van der Waals surface area contributed by atoms with Crippen LogP contribution in [0.4, 0.5) is 10.1 Å². The number of fused-ring (bicyclic) bond motifs is 2. The summed E-state index contributed by atoms with van der Waals surface area (Å²) >= 11 is 0. The first kappa shape index (κ1) is 21.6. The van der Waals surface area contributed by atoms with E-state index in [0.29, 0.717) is 45.9 Å². The van der Waals surface area contributed by atoms with Gasteiger partial charge in [0.2, 0.25) is 5.91 Å². The third-order valence-corrected chi connectivity index (χ3v) is 6.00. The Morgan fingerprint density at radius 3 is 2.81 bits per heavy atom. The average Bonchev–Trinajstić information content (AvgIpc) is 3.52. The van der Waals surface area contributed by atoms with Crippen molar-refractivity contribution in [2.75, 3.05) is 5.32 Å². The van der Waals surface area contributed by atoms with Crippen LogP contribution in [-0.4, -0.2) is 36.0 Å². The van der Waals surface area contributed by atoms with Crippen molar-refractivity contribution in [2.45, 2.75) is 13.3 Å². The molecule has 0 saturated heterocycles. The summed E-state index contributed by atoms with van der Waals surface area (Å²) in [6.07, 6.45) is 5.33. The lowest BCUT2D eigenvalue weighted by molar-refractivity contribution is -0.115. The molecule has 1 aromatic carbocycles. The molecule has 0 saturated carbocycles. The lowest BCUT2D eigenvalue weighted by atomic mass is 10.0. The van der Waals surface area contributed by atoms with Crippen LogP contribution < -0.4 is 5.32 Å². The van der Waals surface area contributed by atoms with E-state index in [4.69, 9.17) is 4.98 Å². The maximum Gasteiger partial charge on any atom is 0.224 e. The molecule has 0 bridgehead atoms. The van der Waals surface area contributed by atoms with Gasteiger partial charge in [0.15, 0.2) is 0 Å². The normalized spacial score (nSPS) is 11.3. The van der Waals surface area contributed by atoms with Crippen molar-refractivity contribution >= 4 is 33.7 Å². The van der Waals surface area contributed by atoms with Crippen LogP contribution >= 0.6 is 0 Å². The van der Waals surface area contributed by atoms with Gasteiger partial charge >= 0.3 is 0 Å². The minimum Gasteiger partial charge on any atom is -0.338 e. The van der Waals surface area contributed by atoms with Crippen LogP contribution in [0.2, 0.25) is 0 Å². The molecule has 1 amide bonds. The number of rotatable bonds is 5. The molecular formula is C27H20FN7O. The number of pyridine rings is 3. The van der Waals surface area contributed by atoms with E-state index >= 15 is 0 Å². The van der Waals surface area contributed by atoms with Gasteiger partial charge in [0.1, 0.15) is 22.7 Å². The van der Waals surface area contributed by atoms with E-state index < -0.39 is 0 Å². The Hall–Kier alpha value is -4.92. The van der Waals surface area contributed by atoms with Crippen molar-refractivity contribution in [3.63, 3.8) is 0 Å². The number of hydrogen-bond donors (Lipinski definition) is 3. The molecule has 36 heavy (non-hydrogen) atoms. The Labute approximate surface area is 204 Å². The fourth-order valence-electron chi connectivity index (χ4n) is 4.21. The maximum atomic E-state index is 14.5. The number of hydrogen-bond acceptors (Lipinski definition) is 5. The summed E-state index contributed by atoms with van der Waals surface area (Å²) in [5.41, 5.74) is 6.68. The molecule has 0 atom stereocenters. The second-order valence-electron chi connectivity index (χ2n) is 8.31. The zero-order chi connectivity index (χ0) is 24.6. The Morgan fingerprint density at radius 2 is 1.94 bits per heavy atom. The van der Waals surface area contributed by atoms with Crippen LogP contribution in [0.25, 0.3) is 55.8 Å². The molecule has 0 unspecified atom stereocenters. The number of benzene rings is 1. The smallest absolute Gasteiger partial charge is 0.224 e. The molecule has 176 valence electrons. The molecule has 9 heteroatoms. The van der Waals surface area contributed by atoms with Crippen molar-refractivity contribution in [3.05, 3.63) is 79.0 Å². The molecule has 5 heterocycles. The minimum atomic E-state index is -0.296. The molecule has 0 aliphatic heterocycles. The first-order valence-electron chi connectivity index (χ1n) is 11.4. The Kier molecular flexibility index (Phi) is 5.22. The molecule has 6 aromatic rings. The van der Waals surface area contributed by atoms with Crippen LogP contribution in [0.3, 0.4) is 0 Å². The van der Waals surface area contributed by atoms with E-state index in [1.165, 1.54) is 6.07 Å². The molecule has 5 aromatic heterocycles. The number of amides is 1. The number of carbonyl (C=O) groups excluding carboxylic acids is 1. The number of carbonyl (C=O) groups is 1. The van der Waals surface area contributed by atoms with Gasteiger partial charge < -0.3 is 10.3 Å². The van der Waals surface area contributed by atoms with Gasteiger partial charge in [0.05, 0.1) is 28.8 Å². The molecule has 0 fully saturated rings. The van der Waals surface area contributed by atoms with E-state index in [2.05, 4.69) is 30.5 Å². The summed E-state index contributed by atoms with van der Waals surface area (Å²) in [6, 6.07) is 16.0. The topological polar surface area (TPSA) is 112 Å². The van der Waals surface area contributed by atoms with Gasteiger partial charge in [-0.15, -0.1) is 0 Å². The minimum absolute atomic E-state index is 0.0864. The fraction of sp³-hybridized carbons (Fsp3) is 0.0741. The second kappa shape index (κ2) is 8.70. The van der Waals surface area contributed by atoms with Gasteiger partial charge in [0.25, 0.3) is 0 Å². The van der Waals surface area contributed by atoms with Crippen LogP contribution in [0.5, 0.6) is 0 Å². The Bertz CT molecular complexity index is 1750. The lowest BCUT2D eigenvalue weighted by Crippen LogP contribution is -2.09. The van der Waals surface area contributed by atoms with E-state index in [0.717, 1.165) is 22.0 Å². The number of H-pyrrole nitrogens is 2. The summed E-state index contributed by atoms with van der Waals surface area (Å²) in [5.74, 6) is -0.382. The maximum absolute atomic E-state index is 14.5. The van der Waals surface area contributed by atoms with Crippen molar-refractivity contribution < 1.29 is 9.18 Å². The number of halogens is 1. The number of anilines is 1. The number of aromatic amines is 2. The van der Waals surface area contributed by atoms with Crippen molar-refractivity contribution in [1.82, 2.24) is 30.1 Å². The summed E-state index contributed by atoms with van der Waals surface area (Å²) in [6.45, 7) is 1.79. The van der Waals surface area contributed by atoms with E-state index in [1.54, 1.807) is 43.7 Å². The second-order valence-corrected chi connectivity index (χ2v) is 8.31. The summed E-state index contributed by atoms with van der Waals surface area (Å²) in [4.78, 5) is 28.6. The quantitative estimate of drug-likeness (QED) is 0.294. The molecule has 0 spiro atoms. The third kappa shape index (κ3) is 3.76. The Morgan fingerprint density at radius 1 is 1.06 bits per heavy atom. The lowest BCUT2D eigenvalue weighted by Gasteiger charge is -2.06. The van der Waals surface area contributed by atoms with Gasteiger partial charge in [-0.1, -0.05) is 25.1 Å². The van der Waals surface area contributed by atoms with Crippen LogP contribution in [0.15, 0.2) is 73.2 Å². The first-order valence-corrected chi connectivity index (χ1v) is 11.4. The zero-order valence-corrected chi connectivity index (χ0v) is 19.2. The number of nitrogens with one attached hydrogen (secondary N) is 3. The zero-order valence-electron chi connectivity index (χ0n) is 19.2. The molecule has 0 aliphatic rings. The van der Waals surface area contributed by atoms with E-state index in [9.17, 15) is 9.18 Å². The third-order valence-electron chi connectivity index (χ3n) is 6.00. The van der Waals surface area contributed by atoms with Gasteiger partial charge in [-0.05, 0) is 42.0 Å². The highest BCUT2D eigenvalue weighted by atomic mass is 19.1. The van der Waals surface area contributed by atoms with Gasteiger partial charge in [0, 0.05) is 35.3 Å². The van der Waals surface area contributed by atoms with E-state index in [-0.39, 0.29) is 11.7 Å². The molecule has 0 radical (unpaired) electrons. The Balaban J connectivity index is 1.44. The molecule has 8 nitrogen and oxygen atoms in total. The van der Waals surface area contributed by atoms with Gasteiger partial charge in [-0.2, -0.15) is 5.10 Å². The SMILES string of the molecule is CCC(=O)Nc1cncc(-c2ccc3[nH]nc(-c4cc5c(-c6ccccc6F)ccnc5[nH]4)c3n2)c1. The largest absolute Gasteiger partial charge is 0.338 e. The number of nitrogens with zero attached hydrogens (tertiary/aromatic N) is 4. The summed E-state index contributed by atoms with van der Waals surface area (Å²) in [5, 5.41) is 11.1. The first-order chi connectivity index (χ1) is 17.6. The molecular weight excluding hydrogens is 457 g/mol. The fourth-order valence-corrected chi connectivity index (χ4v) is 4.21. The van der Waals surface area contributed by atoms with Crippen molar-refractivity contribution in [2.24, 2.45) is 0 Å². The predicted octanol–water partition coefficient (Wildman–Crippen LogP) is 5.72.